The number of amides is 1. The number of hydrogen-bond acceptors (Lipinski definition) is 3. The lowest BCUT2D eigenvalue weighted by atomic mass is 10.0. The molecule has 1 aliphatic heterocycles. The van der Waals surface area contributed by atoms with Gasteiger partial charge in [-0.15, -0.1) is 0 Å². The maximum Gasteiger partial charge on any atom is 0.414 e. The Morgan fingerprint density at radius 1 is 1.41 bits per heavy atom. The predicted molar refractivity (Wildman–Crippen MR) is 73.7 cm³/mol. The van der Waals surface area contributed by atoms with Gasteiger partial charge in [0, 0.05) is 13.0 Å². The molecule has 1 aromatic rings. The van der Waals surface area contributed by atoms with Crippen LogP contribution >= 0.6 is 0 Å². The lowest BCUT2D eigenvalue weighted by Crippen LogP contribution is -2.40. The highest BCUT2D eigenvalue weighted by atomic mass is 19.4. The third-order valence-corrected chi connectivity index (χ3v) is 3.74. The molecule has 4 nitrogen and oxygen atoms in total. The molecule has 2 unspecified atom stereocenters. The molecule has 122 valence electrons. The fraction of sp³-hybridized carbons (Fsp3) is 0.533. The van der Waals surface area contributed by atoms with Crippen molar-refractivity contribution in [3.8, 4) is 5.75 Å². The molecule has 0 bridgehead atoms. The largest absolute Gasteiger partial charge is 0.480 e. The fourth-order valence-electron chi connectivity index (χ4n) is 2.27. The Bertz CT molecular complexity index is 541. The van der Waals surface area contributed by atoms with Gasteiger partial charge in [-0.2, -0.15) is 13.2 Å². The Labute approximate surface area is 126 Å². The van der Waals surface area contributed by atoms with Gasteiger partial charge in [0.25, 0.3) is 5.91 Å². The van der Waals surface area contributed by atoms with Crippen molar-refractivity contribution in [3.63, 3.8) is 0 Å². The predicted octanol–water partition coefficient (Wildman–Crippen LogP) is 2.04. The van der Waals surface area contributed by atoms with Gasteiger partial charge < -0.3 is 15.2 Å². The first-order valence-electron chi connectivity index (χ1n) is 6.97. The normalized spacial score (nSPS) is 18.5. The van der Waals surface area contributed by atoms with Crippen molar-refractivity contribution >= 4 is 5.91 Å². The monoisotopic (exact) mass is 317 g/mol. The second-order valence-corrected chi connectivity index (χ2v) is 5.49. The molecule has 0 aromatic heterocycles. The van der Waals surface area contributed by atoms with Crippen LogP contribution in [-0.4, -0.2) is 35.9 Å². The molecule has 0 spiro atoms. The van der Waals surface area contributed by atoms with E-state index in [2.05, 4.69) is 5.32 Å². The highest BCUT2D eigenvalue weighted by Gasteiger charge is 2.38. The summed E-state index contributed by atoms with van der Waals surface area (Å²) >= 11 is 0. The molecule has 22 heavy (non-hydrogen) atoms. The first-order valence-corrected chi connectivity index (χ1v) is 6.97. The molecule has 0 saturated heterocycles. The number of aliphatic hydroxyl groups is 1. The molecule has 1 aromatic carbocycles. The van der Waals surface area contributed by atoms with Crippen LogP contribution in [0.3, 0.4) is 0 Å². The standard InChI is InChI=1S/C15H18F3NO3/c1-8-5-10-7-12(22-11(10)6-9(8)2)14(21)19-4-3-13(20)15(16,17)18/h5-6,12-13,20H,3-4,7H2,1-2H3,(H,19,21). The van der Waals surface area contributed by atoms with E-state index in [4.69, 9.17) is 9.84 Å². The number of alkyl halides is 3. The van der Waals surface area contributed by atoms with E-state index in [1.807, 2.05) is 26.0 Å². The summed E-state index contributed by atoms with van der Waals surface area (Å²) in [5.74, 6) is 0.166. The summed E-state index contributed by atoms with van der Waals surface area (Å²) < 4.78 is 42.0. The molecular weight excluding hydrogens is 299 g/mol. The lowest BCUT2D eigenvalue weighted by molar-refractivity contribution is -0.205. The molecule has 0 aliphatic carbocycles. The number of nitrogens with one attached hydrogen (secondary N) is 1. The zero-order valence-electron chi connectivity index (χ0n) is 12.3. The number of rotatable bonds is 4. The van der Waals surface area contributed by atoms with E-state index in [-0.39, 0.29) is 6.54 Å². The van der Waals surface area contributed by atoms with E-state index in [1.165, 1.54) is 0 Å². The average molecular weight is 317 g/mol. The summed E-state index contributed by atoms with van der Waals surface area (Å²) in [7, 11) is 0. The average Bonchev–Trinajstić information content (AvgIpc) is 2.80. The third-order valence-electron chi connectivity index (χ3n) is 3.74. The van der Waals surface area contributed by atoms with Crippen LogP contribution in [0.5, 0.6) is 5.75 Å². The molecule has 1 aliphatic rings. The smallest absolute Gasteiger partial charge is 0.414 e. The number of halogens is 3. The maximum atomic E-state index is 12.1. The van der Waals surface area contributed by atoms with Gasteiger partial charge in [-0.1, -0.05) is 6.07 Å². The van der Waals surface area contributed by atoms with E-state index in [0.717, 1.165) is 16.7 Å². The van der Waals surface area contributed by atoms with Crippen molar-refractivity contribution in [2.75, 3.05) is 6.54 Å². The summed E-state index contributed by atoms with van der Waals surface area (Å²) in [6.45, 7) is 3.64. The minimum Gasteiger partial charge on any atom is -0.480 e. The van der Waals surface area contributed by atoms with Crippen molar-refractivity contribution in [1.29, 1.82) is 0 Å². The Hall–Kier alpha value is -1.76. The minimum atomic E-state index is -4.67. The first kappa shape index (κ1) is 16.6. The molecular formula is C15H18F3NO3. The molecule has 2 rings (SSSR count). The number of benzene rings is 1. The van der Waals surface area contributed by atoms with Gasteiger partial charge in [-0.3, -0.25) is 4.79 Å². The van der Waals surface area contributed by atoms with E-state index in [9.17, 15) is 18.0 Å². The first-order chi connectivity index (χ1) is 10.2. The highest BCUT2D eigenvalue weighted by Crippen LogP contribution is 2.31. The minimum absolute atomic E-state index is 0.256. The highest BCUT2D eigenvalue weighted by molar-refractivity contribution is 5.82. The van der Waals surface area contributed by atoms with E-state index < -0.39 is 30.7 Å². The zero-order valence-corrected chi connectivity index (χ0v) is 12.3. The number of aliphatic hydroxyl groups excluding tert-OH is 1. The summed E-state index contributed by atoms with van der Waals surface area (Å²) in [5.41, 5.74) is 3.06. The van der Waals surface area contributed by atoms with Crippen LogP contribution in [0.1, 0.15) is 23.1 Å². The van der Waals surface area contributed by atoms with Gasteiger partial charge >= 0.3 is 6.18 Å². The number of fused-ring (bicyclic) bond motifs is 1. The molecule has 0 saturated carbocycles. The number of aryl methyl sites for hydroxylation is 2. The van der Waals surface area contributed by atoms with Gasteiger partial charge in [-0.05, 0) is 43.0 Å². The Balaban J connectivity index is 1.86. The number of carbonyl (C=O) groups excluding carboxylic acids is 1. The van der Waals surface area contributed by atoms with E-state index in [1.54, 1.807) is 0 Å². The van der Waals surface area contributed by atoms with E-state index >= 15 is 0 Å². The summed E-state index contributed by atoms with van der Waals surface area (Å²) in [4.78, 5) is 11.9. The second-order valence-electron chi connectivity index (χ2n) is 5.49. The topological polar surface area (TPSA) is 58.6 Å². The van der Waals surface area contributed by atoms with Crippen LogP contribution in [0.4, 0.5) is 13.2 Å². The SMILES string of the molecule is Cc1cc2c(cc1C)OC(C(=O)NCCC(O)C(F)(F)F)C2. The summed E-state index contributed by atoms with van der Waals surface area (Å²) in [6, 6.07) is 3.80. The van der Waals surface area contributed by atoms with Crippen LogP contribution in [0.25, 0.3) is 0 Å². The van der Waals surface area contributed by atoms with Crippen LogP contribution in [0, 0.1) is 13.8 Å². The summed E-state index contributed by atoms with van der Waals surface area (Å²) in [6.07, 6.45) is -8.02. The van der Waals surface area contributed by atoms with Crippen molar-refractivity contribution in [2.45, 2.75) is 45.1 Å². The van der Waals surface area contributed by atoms with Crippen molar-refractivity contribution < 1.29 is 27.8 Å². The molecule has 2 atom stereocenters. The van der Waals surface area contributed by atoms with Crippen molar-refractivity contribution in [3.05, 3.63) is 28.8 Å². The second kappa shape index (κ2) is 6.16. The lowest BCUT2D eigenvalue weighted by Gasteiger charge is -2.15. The van der Waals surface area contributed by atoms with Gasteiger partial charge in [0.1, 0.15) is 5.75 Å². The molecule has 2 N–H and O–H groups in total. The van der Waals surface area contributed by atoms with Gasteiger partial charge in [0.15, 0.2) is 12.2 Å². The van der Waals surface area contributed by atoms with Gasteiger partial charge in [-0.25, -0.2) is 0 Å². The third kappa shape index (κ3) is 3.71. The molecule has 1 heterocycles. The summed E-state index contributed by atoms with van der Waals surface area (Å²) in [5, 5.41) is 11.2. The Kier molecular flexibility index (Phi) is 4.65. The number of ether oxygens (including phenoxy) is 1. The Morgan fingerprint density at radius 2 is 2.05 bits per heavy atom. The van der Waals surface area contributed by atoms with Gasteiger partial charge in [0.2, 0.25) is 0 Å². The number of hydrogen-bond donors (Lipinski definition) is 2. The molecule has 0 fully saturated rings. The Morgan fingerprint density at radius 3 is 2.68 bits per heavy atom. The van der Waals surface area contributed by atoms with Crippen LogP contribution in [0.15, 0.2) is 12.1 Å². The molecule has 1 amide bonds. The number of carbonyl (C=O) groups is 1. The van der Waals surface area contributed by atoms with Crippen LogP contribution in [-0.2, 0) is 11.2 Å². The maximum absolute atomic E-state index is 12.1. The van der Waals surface area contributed by atoms with E-state index in [0.29, 0.717) is 12.2 Å². The molecule has 7 heteroatoms. The van der Waals surface area contributed by atoms with Crippen LogP contribution in [0.2, 0.25) is 0 Å². The van der Waals surface area contributed by atoms with Crippen LogP contribution < -0.4 is 10.1 Å². The van der Waals surface area contributed by atoms with Crippen molar-refractivity contribution in [2.24, 2.45) is 0 Å². The molecule has 0 radical (unpaired) electrons. The fourth-order valence-corrected chi connectivity index (χ4v) is 2.27. The van der Waals surface area contributed by atoms with Gasteiger partial charge in [0.05, 0.1) is 0 Å². The quantitative estimate of drug-likeness (QED) is 0.893. The van der Waals surface area contributed by atoms with Crippen molar-refractivity contribution in [1.82, 2.24) is 5.32 Å². The zero-order chi connectivity index (χ0) is 16.5.